The van der Waals surface area contributed by atoms with Crippen molar-refractivity contribution < 1.29 is 9.59 Å². The number of likely N-dealkylation sites (N-methyl/N-ethyl adjacent to an activating group) is 1. The van der Waals surface area contributed by atoms with Crippen LogP contribution in [0.25, 0.3) is 0 Å². The van der Waals surface area contributed by atoms with Crippen molar-refractivity contribution in [3.8, 4) is 0 Å². The summed E-state index contributed by atoms with van der Waals surface area (Å²) in [5.74, 6) is -0.0446. The molecule has 3 aliphatic rings. The zero-order valence-electron chi connectivity index (χ0n) is 18.7. The number of unbranched alkanes of at least 4 members (excludes halogenated alkanes) is 3. The predicted molar refractivity (Wildman–Crippen MR) is 118 cm³/mol. The van der Waals surface area contributed by atoms with Crippen molar-refractivity contribution in [2.75, 3.05) is 31.6 Å². The number of aryl methyl sites for hydroxylation is 2. The quantitative estimate of drug-likeness (QED) is 0.727. The Kier molecular flexibility index (Phi) is 6.02. The van der Waals surface area contributed by atoms with Crippen LogP contribution in [0.3, 0.4) is 0 Å². The normalized spacial score (nSPS) is 26.9. The van der Waals surface area contributed by atoms with Gasteiger partial charge in [-0.1, -0.05) is 32.3 Å². The maximum atomic E-state index is 13.4. The minimum Gasteiger partial charge on any atom is -0.343 e. The van der Waals surface area contributed by atoms with E-state index in [1.54, 1.807) is 4.90 Å². The molecule has 4 rings (SSSR count). The number of fused-ring (bicyclic) bond motifs is 3. The molecule has 0 bridgehead atoms. The molecule has 164 valence electrons. The van der Waals surface area contributed by atoms with Crippen molar-refractivity contribution in [3.63, 3.8) is 0 Å². The molecule has 0 radical (unpaired) electrons. The van der Waals surface area contributed by atoms with Gasteiger partial charge in [0.2, 0.25) is 0 Å². The maximum absolute atomic E-state index is 13.4. The zero-order valence-corrected chi connectivity index (χ0v) is 18.7. The van der Waals surface area contributed by atoms with Crippen LogP contribution >= 0.6 is 0 Å². The first-order chi connectivity index (χ1) is 14.4. The first-order valence-electron chi connectivity index (χ1n) is 11.4. The van der Waals surface area contributed by atoms with Gasteiger partial charge in [0, 0.05) is 32.4 Å². The van der Waals surface area contributed by atoms with Crippen molar-refractivity contribution in [1.29, 1.82) is 0 Å². The largest absolute Gasteiger partial charge is 0.343 e. The number of carbonyl (C=O) groups is 2. The molecule has 0 aromatic heterocycles. The number of hydrogen-bond acceptors (Lipinski definition) is 5. The zero-order chi connectivity index (χ0) is 21.4. The third kappa shape index (κ3) is 3.69. The Morgan fingerprint density at radius 1 is 1.03 bits per heavy atom. The van der Waals surface area contributed by atoms with Crippen molar-refractivity contribution in [1.82, 2.24) is 20.0 Å². The number of nitrogens with zero attached hydrogens (tertiary/aromatic N) is 4. The van der Waals surface area contributed by atoms with Crippen molar-refractivity contribution in [2.24, 2.45) is 0 Å². The number of nitrogens with one attached hydrogen (secondary N) is 1. The lowest BCUT2D eigenvalue weighted by molar-refractivity contribution is -0.138. The van der Waals surface area contributed by atoms with Gasteiger partial charge in [0.15, 0.2) is 0 Å². The number of urea groups is 1. The molecule has 7 heteroatoms. The Hall–Kier alpha value is -2.12. The van der Waals surface area contributed by atoms with Gasteiger partial charge in [-0.3, -0.25) is 19.9 Å². The summed E-state index contributed by atoms with van der Waals surface area (Å²) in [7, 11) is 1.82. The Morgan fingerprint density at radius 3 is 2.47 bits per heavy atom. The molecule has 1 aromatic rings. The van der Waals surface area contributed by atoms with Gasteiger partial charge in [-0.05, 0) is 49.9 Å². The van der Waals surface area contributed by atoms with Crippen LogP contribution in [0, 0.1) is 13.8 Å². The van der Waals surface area contributed by atoms with E-state index in [9.17, 15) is 9.59 Å². The fourth-order valence-electron chi connectivity index (χ4n) is 5.20. The summed E-state index contributed by atoms with van der Waals surface area (Å²) in [4.78, 5) is 34.2. The molecule has 3 heterocycles. The molecular weight excluding hydrogens is 378 g/mol. The lowest BCUT2D eigenvalue weighted by atomic mass is 10.1. The molecule has 7 nitrogen and oxygen atoms in total. The summed E-state index contributed by atoms with van der Waals surface area (Å²) in [6.07, 6.45) is 4.84. The lowest BCUT2D eigenvalue weighted by Gasteiger charge is -2.44. The van der Waals surface area contributed by atoms with Gasteiger partial charge < -0.3 is 9.80 Å². The first-order valence-corrected chi connectivity index (χ1v) is 11.4. The minimum atomic E-state index is -0.322. The predicted octanol–water partition coefficient (Wildman–Crippen LogP) is 2.87. The lowest BCUT2D eigenvalue weighted by Crippen LogP contribution is -2.66. The highest BCUT2D eigenvalue weighted by molar-refractivity contribution is 6.00. The number of rotatable bonds is 6. The van der Waals surface area contributed by atoms with Gasteiger partial charge in [-0.15, -0.1) is 0 Å². The Labute approximate surface area is 180 Å². The van der Waals surface area contributed by atoms with Crippen LogP contribution in [0.1, 0.15) is 50.2 Å². The summed E-state index contributed by atoms with van der Waals surface area (Å²) < 4.78 is 0. The van der Waals surface area contributed by atoms with Gasteiger partial charge in [0.05, 0.1) is 0 Å². The Balaban J connectivity index is 1.57. The summed E-state index contributed by atoms with van der Waals surface area (Å²) in [6, 6.07) is 6.09. The molecular formula is C23H35N5O2. The third-order valence-corrected chi connectivity index (χ3v) is 6.64. The number of benzene rings is 1. The number of imide groups is 1. The van der Waals surface area contributed by atoms with E-state index in [0.29, 0.717) is 6.54 Å². The van der Waals surface area contributed by atoms with Crippen LogP contribution < -0.4 is 10.2 Å². The van der Waals surface area contributed by atoms with Crippen LogP contribution in [0.5, 0.6) is 0 Å². The van der Waals surface area contributed by atoms with Gasteiger partial charge in [-0.25, -0.2) is 4.79 Å². The van der Waals surface area contributed by atoms with Crippen molar-refractivity contribution >= 4 is 17.6 Å². The van der Waals surface area contributed by atoms with Gasteiger partial charge in [0.25, 0.3) is 5.91 Å². The van der Waals surface area contributed by atoms with Crippen LogP contribution in [0.2, 0.25) is 0 Å². The fraction of sp³-hybridized carbons (Fsp3) is 0.652. The average Bonchev–Trinajstić information content (AvgIpc) is 3.11. The number of carbonyl (C=O) groups excluding carboxylic acids is 2. The minimum absolute atomic E-state index is 0.0446. The van der Waals surface area contributed by atoms with E-state index in [4.69, 9.17) is 0 Å². The van der Waals surface area contributed by atoms with E-state index in [2.05, 4.69) is 54.1 Å². The summed E-state index contributed by atoms with van der Waals surface area (Å²) in [6.45, 7) is 8.71. The summed E-state index contributed by atoms with van der Waals surface area (Å²) in [5, 5.41) is 3.60. The van der Waals surface area contributed by atoms with E-state index in [1.807, 2.05) is 7.05 Å². The van der Waals surface area contributed by atoms with Crippen LogP contribution in [-0.2, 0) is 4.79 Å². The van der Waals surface area contributed by atoms with Crippen LogP contribution in [-0.4, -0.2) is 71.8 Å². The molecule has 1 N–H and O–H groups in total. The topological polar surface area (TPSA) is 59.1 Å². The van der Waals surface area contributed by atoms with Crippen molar-refractivity contribution in [2.45, 2.75) is 71.4 Å². The molecule has 0 saturated carbocycles. The Morgan fingerprint density at radius 2 is 1.77 bits per heavy atom. The standard InChI is InChI=1S/C23H35N5O2/c1-5-6-7-8-10-28-21(29)19-20(25(4)23(28)30)24-22-26(11-9-12-27(19)22)18-14-16(2)13-17(3)15-18/h13-15,19-20,22,24H,5-12H2,1-4H3. The number of amides is 3. The summed E-state index contributed by atoms with van der Waals surface area (Å²) >= 11 is 0. The van der Waals surface area contributed by atoms with Gasteiger partial charge in [-0.2, -0.15) is 0 Å². The molecule has 0 spiro atoms. The number of anilines is 1. The first kappa shape index (κ1) is 21.1. The second kappa shape index (κ2) is 8.55. The number of hydrogen-bond donors (Lipinski definition) is 1. The van der Waals surface area contributed by atoms with E-state index in [0.717, 1.165) is 45.2 Å². The average molecular weight is 414 g/mol. The van der Waals surface area contributed by atoms with E-state index < -0.39 is 0 Å². The van der Waals surface area contributed by atoms with Gasteiger partial charge in [0.1, 0.15) is 18.5 Å². The highest BCUT2D eigenvalue weighted by Gasteiger charge is 2.55. The van der Waals surface area contributed by atoms with Crippen LogP contribution in [0.15, 0.2) is 18.2 Å². The molecule has 3 unspecified atom stereocenters. The van der Waals surface area contributed by atoms with Gasteiger partial charge >= 0.3 is 6.03 Å². The highest BCUT2D eigenvalue weighted by atomic mass is 16.2. The molecule has 3 saturated heterocycles. The van der Waals surface area contributed by atoms with E-state index in [1.165, 1.54) is 21.7 Å². The second-order valence-electron chi connectivity index (χ2n) is 9.00. The molecule has 30 heavy (non-hydrogen) atoms. The van der Waals surface area contributed by atoms with Crippen molar-refractivity contribution in [3.05, 3.63) is 29.3 Å². The molecule has 3 amide bonds. The molecule has 1 aromatic carbocycles. The smallest absolute Gasteiger partial charge is 0.327 e. The highest BCUT2D eigenvalue weighted by Crippen LogP contribution is 2.33. The SMILES string of the molecule is CCCCCCN1C(=O)C2C(NC3N(c4cc(C)cc(C)c4)CCCN23)N(C)C1=O. The molecule has 3 atom stereocenters. The molecule has 3 aliphatic heterocycles. The molecule has 0 aliphatic carbocycles. The Bertz CT molecular complexity index is 793. The maximum Gasteiger partial charge on any atom is 0.327 e. The third-order valence-electron chi connectivity index (χ3n) is 6.64. The summed E-state index contributed by atoms with van der Waals surface area (Å²) in [5.41, 5.74) is 3.64. The second-order valence-corrected chi connectivity index (χ2v) is 9.00. The van der Waals surface area contributed by atoms with E-state index in [-0.39, 0.29) is 30.4 Å². The fourth-order valence-corrected chi connectivity index (χ4v) is 5.20. The molecule has 3 fully saturated rings. The van der Waals surface area contributed by atoms with Crippen LogP contribution in [0.4, 0.5) is 10.5 Å². The van der Waals surface area contributed by atoms with E-state index >= 15 is 0 Å². The monoisotopic (exact) mass is 413 g/mol.